The molecule has 6 atom stereocenters. The zero-order chi connectivity index (χ0) is 38.0. The summed E-state index contributed by atoms with van der Waals surface area (Å²) in [5.41, 5.74) is 0.0390. The highest BCUT2D eigenvalue weighted by Crippen LogP contribution is 2.46. The number of nitrogens with one attached hydrogen (secondary N) is 3. The molecule has 2 aromatic heterocycles. The van der Waals surface area contributed by atoms with Crippen molar-refractivity contribution < 1.29 is 37.6 Å². The van der Waals surface area contributed by atoms with E-state index in [9.17, 15) is 28.4 Å². The minimum absolute atomic E-state index is 0.0219. The van der Waals surface area contributed by atoms with E-state index in [1.54, 1.807) is 13.8 Å². The zero-order valence-electron chi connectivity index (χ0n) is 30.5. The van der Waals surface area contributed by atoms with Gasteiger partial charge in [0.2, 0.25) is 23.6 Å². The van der Waals surface area contributed by atoms with E-state index >= 15 is 0 Å². The average Bonchev–Trinajstić information content (AvgIpc) is 4.02. The van der Waals surface area contributed by atoms with Crippen molar-refractivity contribution in [1.82, 2.24) is 36.0 Å². The van der Waals surface area contributed by atoms with Crippen molar-refractivity contribution in [2.75, 3.05) is 13.1 Å². The number of rotatable bonds is 10. The summed E-state index contributed by atoms with van der Waals surface area (Å²) in [6.07, 6.45) is 10.4. The van der Waals surface area contributed by atoms with Crippen molar-refractivity contribution in [2.24, 2.45) is 17.8 Å². The highest BCUT2D eigenvalue weighted by atomic mass is 19.1. The maximum atomic E-state index is 14.5. The first kappa shape index (κ1) is 37.1. The Bertz CT molecular complexity index is 1960. The highest BCUT2D eigenvalue weighted by molar-refractivity contribution is 5.99. The molecule has 0 bridgehead atoms. The van der Waals surface area contributed by atoms with E-state index in [0.29, 0.717) is 60.6 Å². The Hall–Kier alpha value is -5.21. The van der Waals surface area contributed by atoms with Gasteiger partial charge in [-0.1, -0.05) is 30.2 Å². The summed E-state index contributed by atoms with van der Waals surface area (Å²) in [5, 5.41) is 12.7. The molecule has 3 fully saturated rings. The van der Waals surface area contributed by atoms with E-state index in [0.717, 1.165) is 38.4 Å². The number of carbonyl (C=O) groups is 5. The predicted molar refractivity (Wildman–Crippen MR) is 192 cm³/mol. The topological polar surface area (TPSA) is 186 Å². The maximum absolute atomic E-state index is 14.5. The van der Waals surface area contributed by atoms with Crippen LogP contribution in [-0.2, 0) is 19.2 Å². The second-order valence-corrected chi connectivity index (χ2v) is 15.1. The number of fused-ring (bicyclic) bond motifs is 3. The second-order valence-electron chi connectivity index (χ2n) is 15.1. The van der Waals surface area contributed by atoms with Gasteiger partial charge in [0.25, 0.3) is 5.91 Å². The normalized spacial score (nSPS) is 26.5. The third kappa shape index (κ3) is 8.14. The largest absolute Gasteiger partial charge is 0.471 e. The lowest BCUT2D eigenvalue weighted by Crippen LogP contribution is -2.58. The van der Waals surface area contributed by atoms with E-state index in [4.69, 9.17) is 9.26 Å². The molecule has 286 valence electrons. The molecule has 1 saturated heterocycles. The summed E-state index contributed by atoms with van der Waals surface area (Å²) < 4.78 is 25.5. The van der Waals surface area contributed by atoms with Crippen LogP contribution in [0, 0.1) is 37.4 Å². The maximum Gasteiger partial charge on any atom is 0.274 e. The SMILES string of the molecule is Cc1cc(C(=O)NC2CCCCCC=CC3CC3(C(=O)NCC(CC=O)C3CC3)NC(=O)C3CC(Oc4nc5cc(F)ccc5nc4C)CN3C2=O)no1. The number of ether oxygens (including phenoxy) is 1. The summed E-state index contributed by atoms with van der Waals surface area (Å²) in [6.45, 7) is 3.68. The molecular weight excluding hydrogens is 697 g/mol. The number of carbonyl (C=O) groups excluding carboxylic acids is 5. The van der Waals surface area contributed by atoms with Crippen LogP contribution in [0.2, 0.25) is 0 Å². The van der Waals surface area contributed by atoms with Gasteiger partial charge in [0, 0.05) is 37.4 Å². The number of aryl methyl sites for hydroxylation is 2. The zero-order valence-corrected chi connectivity index (χ0v) is 30.5. The molecule has 14 nitrogen and oxygen atoms in total. The summed E-state index contributed by atoms with van der Waals surface area (Å²) in [5.74, 6) is -1.60. The number of allylic oxidation sites excluding steroid dienone is 1. The molecule has 2 aliphatic carbocycles. The number of aldehydes is 1. The fourth-order valence-electron chi connectivity index (χ4n) is 7.76. The first-order valence-electron chi connectivity index (χ1n) is 18.9. The van der Waals surface area contributed by atoms with Crippen molar-refractivity contribution in [1.29, 1.82) is 0 Å². The fourth-order valence-corrected chi connectivity index (χ4v) is 7.76. The second kappa shape index (κ2) is 15.6. The summed E-state index contributed by atoms with van der Waals surface area (Å²) in [7, 11) is 0. The van der Waals surface area contributed by atoms with E-state index in [-0.39, 0.29) is 42.3 Å². The van der Waals surface area contributed by atoms with Crippen LogP contribution in [0.5, 0.6) is 5.88 Å². The average molecular weight is 744 g/mol. The first-order valence-corrected chi connectivity index (χ1v) is 18.9. The molecule has 6 unspecified atom stereocenters. The quantitative estimate of drug-likeness (QED) is 0.205. The predicted octanol–water partition coefficient (Wildman–Crippen LogP) is 3.65. The lowest BCUT2D eigenvalue weighted by atomic mass is 10.00. The molecule has 54 heavy (non-hydrogen) atoms. The van der Waals surface area contributed by atoms with Gasteiger partial charge in [0.1, 0.15) is 47.3 Å². The number of amides is 4. The molecule has 4 amide bonds. The van der Waals surface area contributed by atoms with Crippen molar-refractivity contribution >= 4 is 40.9 Å². The Morgan fingerprint density at radius 3 is 2.72 bits per heavy atom. The molecule has 4 heterocycles. The molecule has 1 aromatic carbocycles. The van der Waals surface area contributed by atoms with Gasteiger partial charge in [-0.2, -0.15) is 0 Å². The molecule has 2 aliphatic heterocycles. The van der Waals surface area contributed by atoms with Crippen molar-refractivity contribution in [3.63, 3.8) is 0 Å². The number of benzene rings is 1. The van der Waals surface area contributed by atoms with Gasteiger partial charge >= 0.3 is 0 Å². The van der Waals surface area contributed by atoms with Crippen LogP contribution in [0.15, 0.2) is 40.9 Å². The molecule has 15 heteroatoms. The molecular formula is C39H46FN7O7. The lowest BCUT2D eigenvalue weighted by molar-refractivity contribution is -0.141. The van der Waals surface area contributed by atoms with Gasteiger partial charge in [-0.25, -0.2) is 14.4 Å². The number of nitrogens with zero attached hydrogens (tertiary/aromatic N) is 4. The van der Waals surface area contributed by atoms with Crippen LogP contribution < -0.4 is 20.7 Å². The van der Waals surface area contributed by atoms with Crippen LogP contribution in [0.1, 0.15) is 86.2 Å². The molecule has 3 N–H and O–H groups in total. The Kier molecular flexibility index (Phi) is 10.8. The molecule has 0 radical (unpaired) electrons. The summed E-state index contributed by atoms with van der Waals surface area (Å²) in [6, 6.07) is 3.51. The Morgan fingerprint density at radius 2 is 1.96 bits per heavy atom. The van der Waals surface area contributed by atoms with E-state index < -0.39 is 47.3 Å². The summed E-state index contributed by atoms with van der Waals surface area (Å²) in [4.78, 5) is 77.9. The minimum atomic E-state index is -1.22. The van der Waals surface area contributed by atoms with Gasteiger partial charge in [-0.15, -0.1) is 0 Å². The number of hydrogen-bond acceptors (Lipinski definition) is 10. The van der Waals surface area contributed by atoms with Crippen LogP contribution in [0.4, 0.5) is 4.39 Å². The number of aromatic nitrogens is 3. The molecule has 4 aliphatic rings. The standard InChI is InChI=1S/C39H46FN7O7/c1-22-16-32(46-54-22)34(49)43-30-9-7-5-3-4-6-8-26-19-39(26,38(52)41-20-25(14-15-48)24-10-11-24)45-35(50)33-18-28(21-47(33)37(30)51)53-36-23(2)42-29-13-12-27(40)17-31(29)44-36/h6,8,12-13,15-17,24-26,28,30,33H,3-5,7,9-11,14,18-21H2,1-2H3,(H,41,52)(H,43,49)(H,45,50). The Balaban J connectivity index is 1.17. The molecule has 7 rings (SSSR count). The molecule has 3 aromatic rings. The fraction of sp³-hybridized carbons (Fsp3) is 0.538. The Labute approximate surface area is 312 Å². The van der Waals surface area contributed by atoms with Crippen LogP contribution >= 0.6 is 0 Å². The van der Waals surface area contributed by atoms with Crippen molar-refractivity contribution in [3.8, 4) is 5.88 Å². The highest BCUT2D eigenvalue weighted by Gasteiger charge is 2.61. The van der Waals surface area contributed by atoms with Crippen LogP contribution in [-0.4, -0.2) is 86.8 Å². The van der Waals surface area contributed by atoms with Gasteiger partial charge in [0.05, 0.1) is 17.6 Å². The third-order valence-corrected chi connectivity index (χ3v) is 11.1. The van der Waals surface area contributed by atoms with Gasteiger partial charge in [0.15, 0.2) is 5.69 Å². The molecule has 0 spiro atoms. The Morgan fingerprint density at radius 1 is 1.13 bits per heavy atom. The van der Waals surface area contributed by atoms with E-state index in [2.05, 4.69) is 31.1 Å². The van der Waals surface area contributed by atoms with Crippen molar-refractivity contribution in [2.45, 2.75) is 102 Å². The van der Waals surface area contributed by atoms with Gasteiger partial charge in [-0.3, -0.25) is 19.2 Å². The van der Waals surface area contributed by atoms with E-state index in [1.807, 2.05) is 12.2 Å². The van der Waals surface area contributed by atoms with Gasteiger partial charge in [-0.05, 0) is 76.3 Å². The lowest BCUT2D eigenvalue weighted by Gasteiger charge is -2.30. The number of halogens is 1. The van der Waals surface area contributed by atoms with Gasteiger partial charge < -0.3 is 34.9 Å². The summed E-state index contributed by atoms with van der Waals surface area (Å²) >= 11 is 0. The number of hydrogen-bond donors (Lipinski definition) is 3. The van der Waals surface area contributed by atoms with Crippen molar-refractivity contribution in [3.05, 3.63) is 59.4 Å². The van der Waals surface area contributed by atoms with E-state index in [1.165, 1.54) is 29.2 Å². The smallest absolute Gasteiger partial charge is 0.274 e. The monoisotopic (exact) mass is 743 g/mol. The first-order chi connectivity index (χ1) is 26.0. The minimum Gasteiger partial charge on any atom is -0.471 e. The van der Waals surface area contributed by atoms with Crippen LogP contribution in [0.3, 0.4) is 0 Å². The third-order valence-electron chi connectivity index (χ3n) is 11.1. The van der Waals surface area contributed by atoms with Crippen LogP contribution in [0.25, 0.3) is 11.0 Å². The molecule has 2 saturated carbocycles.